The summed E-state index contributed by atoms with van der Waals surface area (Å²) in [5.74, 6) is 0.921. The van der Waals surface area contributed by atoms with Gasteiger partial charge in [-0.3, -0.25) is 0 Å². The van der Waals surface area contributed by atoms with Crippen molar-refractivity contribution >= 4 is 17.6 Å². The van der Waals surface area contributed by atoms with Crippen LogP contribution in [0.15, 0.2) is 46.9 Å². The number of rotatable bonds is 6. The van der Waals surface area contributed by atoms with Gasteiger partial charge in [-0.25, -0.2) is 4.79 Å². The van der Waals surface area contributed by atoms with Crippen molar-refractivity contribution in [2.24, 2.45) is 0 Å². The largest absolute Gasteiger partial charge is 0.497 e. The maximum atomic E-state index is 11.9. The second kappa shape index (κ2) is 7.88. The molecule has 3 rings (SSSR count). The Bertz CT molecular complexity index is 908. The van der Waals surface area contributed by atoms with Gasteiger partial charge in [-0.2, -0.15) is 0 Å². The van der Waals surface area contributed by atoms with Crippen LogP contribution < -0.4 is 9.47 Å². The van der Waals surface area contributed by atoms with Gasteiger partial charge in [-0.05, 0) is 36.4 Å². The number of ether oxygens (including phenoxy) is 3. The number of aromatic nitrogens is 2. The molecule has 0 aliphatic carbocycles. The number of carbonyl (C=O) groups is 1. The number of esters is 1. The van der Waals surface area contributed by atoms with E-state index in [2.05, 4.69) is 10.2 Å². The molecule has 1 heterocycles. The first-order valence-electron chi connectivity index (χ1n) is 7.58. The second-order valence-corrected chi connectivity index (χ2v) is 5.59. The normalized spacial score (nSPS) is 10.4. The highest BCUT2D eigenvalue weighted by atomic mass is 35.5. The molecule has 0 amide bonds. The number of halogens is 1. The average Bonchev–Trinajstić information content (AvgIpc) is 3.15. The van der Waals surface area contributed by atoms with Gasteiger partial charge in [0.25, 0.3) is 5.89 Å². The predicted molar refractivity (Wildman–Crippen MR) is 93.4 cm³/mol. The summed E-state index contributed by atoms with van der Waals surface area (Å²) in [6, 6.07) is 11.8. The van der Waals surface area contributed by atoms with Crippen LogP contribution >= 0.6 is 11.6 Å². The molecule has 26 heavy (non-hydrogen) atoms. The SMILES string of the molecule is COC(=O)c1ccc(OC)cc1OCc1nnc(-c2ccc(Cl)cc2)o1. The molecular formula is C18H15ClN2O5. The number of benzene rings is 2. The van der Waals surface area contributed by atoms with Crippen LogP contribution in [-0.2, 0) is 11.3 Å². The maximum Gasteiger partial charge on any atom is 0.341 e. The molecule has 0 radical (unpaired) electrons. The monoisotopic (exact) mass is 374 g/mol. The van der Waals surface area contributed by atoms with Gasteiger partial charge in [0.2, 0.25) is 5.89 Å². The molecular weight excluding hydrogens is 360 g/mol. The summed E-state index contributed by atoms with van der Waals surface area (Å²) in [7, 11) is 2.82. The van der Waals surface area contributed by atoms with E-state index < -0.39 is 5.97 Å². The lowest BCUT2D eigenvalue weighted by molar-refractivity contribution is 0.0595. The molecule has 0 saturated heterocycles. The Labute approximate surface area is 154 Å². The third-order valence-corrected chi connectivity index (χ3v) is 3.76. The van der Waals surface area contributed by atoms with Crippen LogP contribution in [0, 0.1) is 0 Å². The highest BCUT2D eigenvalue weighted by Gasteiger charge is 2.16. The highest BCUT2D eigenvalue weighted by Crippen LogP contribution is 2.27. The van der Waals surface area contributed by atoms with E-state index in [1.165, 1.54) is 14.2 Å². The van der Waals surface area contributed by atoms with Crippen molar-refractivity contribution < 1.29 is 23.4 Å². The van der Waals surface area contributed by atoms with Gasteiger partial charge in [0.1, 0.15) is 17.1 Å². The summed E-state index contributed by atoms with van der Waals surface area (Å²) in [5, 5.41) is 8.54. The van der Waals surface area contributed by atoms with Crippen molar-refractivity contribution in [1.29, 1.82) is 0 Å². The summed E-state index contributed by atoms with van der Waals surface area (Å²) in [5.41, 5.74) is 1.01. The first kappa shape index (κ1) is 17.8. The van der Waals surface area contributed by atoms with Crippen LogP contribution in [0.1, 0.15) is 16.2 Å². The van der Waals surface area contributed by atoms with Crippen LogP contribution in [0.3, 0.4) is 0 Å². The van der Waals surface area contributed by atoms with Crippen LogP contribution in [0.4, 0.5) is 0 Å². The van der Waals surface area contributed by atoms with Crippen molar-refractivity contribution in [3.63, 3.8) is 0 Å². The lowest BCUT2D eigenvalue weighted by Crippen LogP contribution is -2.06. The molecule has 7 nitrogen and oxygen atoms in total. The van der Waals surface area contributed by atoms with E-state index in [1.54, 1.807) is 42.5 Å². The van der Waals surface area contributed by atoms with Crippen molar-refractivity contribution in [2.45, 2.75) is 6.61 Å². The fraction of sp³-hybridized carbons (Fsp3) is 0.167. The van der Waals surface area contributed by atoms with Crippen molar-refractivity contribution in [3.05, 3.63) is 58.9 Å². The van der Waals surface area contributed by atoms with Gasteiger partial charge in [0.15, 0.2) is 6.61 Å². The molecule has 0 saturated carbocycles. The third-order valence-electron chi connectivity index (χ3n) is 3.50. The molecule has 1 aromatic heterocycles. The van der Waals surface area contributed by atoms with Gasteiger partial charge >= 0.3 is 5.97 Å². The minimum atomic E-state index is -0.518. The minimum Gasteiger partial charge on any atom is -0.497 e. The molecule has 8 heteroatoms. The van der Waals surface area contributed by atoms with Crippen LogP contribution in [0.25, 0.3) is 11.5 Å². The van der Waals surface area contributed by atoms with Gasteiger partial charge in [-0.1, -0.05) is 11.6 Å². The standard InChI is InChI=1S/C18H15ClN2O5/c1-23-13-7-8-14(18(22)24-2)15(9-13)25-10-16-20-21-17(26-16)11-3-5-12(19)6-4-11/h3-9H,10H2,1-2H3. The van der Waals surface area contributed by atoms with E-state index in [1.807, 2.05) is 0 Å². The molecule has 0 unspecified atom stereocenters. The smallest absolute Gasteiger partial charge is 0.341 e. The zero-order valence-corrected chi connectivity index (χ0v) is 14.8. The molecule has 2 aromatic carbocycles. The van der Waals surface area contributed by atoms with Crippen molar-refractivity contribution in [1.82, 2.24) is 10.2 Å². The van der Waals surface area contributed by atoms with Crippen molar-refractivity contribution in [2.75, 3.05) is 14.2 Å². The summed E-state index contributed by atoms with van der Waals surface area (Å²) >= 11 is 5.86. The first-order valence-corrected chi connectivity index (χ1v) is 7.96. The number of hydrogen-bond acceptors (Lipinski definition) is 7. The molecule has 0 N–H and O–H groups in total. The number of methoxy groups -OCH3 is 2. The Hall–Kier alpha value is -3.06. The molecule has 3 aromatic rings. The second-order valence-electron chi connectivity index (χ2n) is 5.15. The molecule has 0 aliphatic rings. The van der Waals surface area contributed by atoms with E-state index in [0.717, 1.165) is 5.56 Å². The Balaban J connectivity index is 1.77. The minimum absolute atomic E-state index is 0.0161. The van der Waals surface area contributed by atoms with E-state index in [4.69, 9.17) is 30.2 Å². The first-order chi connectivity index (χ1) is 12.6. The number of hydrogen-bond donors (Lipinski definition) is 0. The lowest BCUT2D eigenvalue weighted by Gasteiger charge is -2.10. The van der Waals surface area contributed by atoms with Gasteiger partial charge in [0.05, 0.1) is 14.2 Å². The third kappa shape index (κ3) is 3.94. The Kier molecular flexibility index (Phi) is 5.38. The van der Waals surface area contributed by atoms with Crippen molar-refractivity contribution in [3.8, 4) is 23.0 Å². The molecule has 0 aliphatic heterocycles. The zero-order valence-electron chi connectivity index (χ0n) is 14.1. The van der Waals surface area contributed by atoms with Gasteiger partial charge in [0, 0.05) is 16.7 Å². The van der Waals surface area contributed by atoms with Gasteiger partial charge < -0.3 is 18.6 Å². The molecule has 0 bridgehead atoms. The molecule has 0 spiro atoms. The van der Waals surface area contributed by atoms with Crippen LogP contribution in [-0.4, -0.2) is 30.4 Å². The topological polar surface area (TPSA) is 83.7 Å². The highest BCUT2D eigenvalue weighted by molar-refractivity contribution is 6.30. The van der Waals surface area contributed by atoms with E-state index in [-0.39, 0.29) is 18.1 Å². The average molecular weight is 375 g/mol. The Morgan fingerprint density at radius 1 is 1.12 bits per heavy atom. The quantitative estimate of drug-likeness (QED) is 0.607. The summed E-state index contributed by atoms with van der Waals surface area (Å²) in [6.45, 7) is -0.0161. The lowest BCUT2D eigenvalue weighted by atomic mass is 10.2. The van der Waals surface area contributed by atoms with Gasteiger partial charge in [-0.15, -0.1) is 10.2 Å². The van der Waals surface area contributed by atoms with Crippen LogP contribution in [0.5, 0.6) is 11.5 Å². The Morgan fingerprint density at radius 3 is 2.58 bits per heavy atom. The van der Waals surface area contributed by atoms with E-state index in [0.29, 0.717) is 22.4 Å². The summed E-state index contributed by atoms with van der Waals surface area (Å²) in [4.78, 5) is 11.9. The fourth-order valence-corrected chi connectivity index (χ4v) is 2.31. The summed E-state index contributed by atoms with van der Waals surface area (Å²) < 4.78 is 21.1. The summed E-state index contributed by atoms with van der Waals surface area (Å²) in [6.07, 6.45) is 0. The number of carbonyl (C=O) groups excluding carboxylic acids is 1. The fourth-order valence-electron chi connectivity index (χ4n) is 2.19. The molecule has 134 valence electrons. The zero-order chi connectivity index (χ0) is 18.5. The predicted octanol–water partition coefficient (Wildman–Crippen LogP) is 3.76. The maximum absolute atomic E-state index is 11.9. The van der Waals surface area contributed by atoms with E-state index in [9.17, 15) is 4.79 Å². The molecule has 0 atom stereocenters. The van der Waals surface area contributed by atoms with Crippen LogP contribution in [0.2, 0.25) is 5.02 Å². The molecule has 0 fully saturated rings. The van der Waals surface area contributed by atoms with E-state index >= 15 is 0 Å². The number of nitrogens with zero attached hydrogens (tertiary/aromatic N) is 2. The Morgan fingerprint density at radius 2 is 1.88 bits per heavy atom.